The van der Waals surface area contributed by atoms with E-state index in [-0.39, 0.29) is 5.91 Å². The smallest absolute Gasteiger partial charge is 0.239 e. The quantitative estimate of drug-likeness (QED) is 0.846. The maximum atomic E-state index is 11.5. The first kappa shape index (κ1) is 11.3. The van der Waals surface area contributed by atoms with Crippen LogP contribution in [0, 0.1) is 6.92 Å². The van der Waals surface area contributed by atoms with Crippen LogP contribution in [0.5, 0.6) is 0 Å². The Morgan fingerprint density at radius 2 is 2.25 bits per heavy atom. The highest BCUT2D eigenvalue weighted by atomic mass is 35.5. The van der Waals surface area contributed by atoms with Crippen LogP contribution in [-0.4, -0.2) is 18.5 Å². The van der Waals surface area contributed by atoms with E-state index in [0.29, 0.717) is 17.6 Å². The lowest BCUT2D eigenvalue weighted by atomic mass is 10.2. The van der Waals surface area contributed by atoms with Gasteiger partial charge in [-0.2, -0.15) is 0 Å². The molecule has 0 bridgehead atoms. The highest BCUT2D eigenvalue weighted by molar-refractivity contribution is 6.31. The lowest BCUT2D eigenvalue weighted by Crippen LogP contribution is -2.31. The van der Waals surface area contributed by atoms with Crippen molar-refractivity contribution in [1.82, 2.24) is 5.32 Å². The molecule has 1 aromatic carbocycles. The summed E-state index contributed by atoms with van der Waals surface area (Å²) in [6.07, 6.45) is 2.23. The van der Waals surface area contributed by atoms with Crippen molar-refractivity contribution in [3.8, 4) is 0 Å². The van der Waals surface area contributed by atoms with E-state index >= 15 is 0 Å². The van der Waals surface area contributed by atoms with Crippen molar-refractivity contribution in [2.75, 3.05) is 11.9 Å². The summed E-state index contributed by atoms with van der Waals surface area (Å²) in [5.41, 5.74) is 1.89. The third-order valence-corrected chi connectivity index (χ3v) is 3.06. The topological polar surface area (TPSA) is 41.1 Å². The highest BCUT2D eigenvalue weighted by Gasteiger charge is 2.22. The largest absolute Gasteiger partial charge is 0.376 e. The molecular formula is C12H15ClN2O. The minimum absolute atomic E-state index is 0.0434. The lowest BCUT2D eigenvalue weighted by molar-refractivity contribution is -0.119. The monoisotopic (exact) mass is 238 g/mol. The molecule has 1 fully saturated rings. The van der Waals surface area contributed by atoms with Gasteiger partial charge in [-0.1, -0.05) is 17.7 Å². The van der Waals surface area contributed by atoms with Crippen LogP contribution >= 0.6 is 11.6 Å². The van der Waals surface area contributed by atoms with Gasteiger partial charge in [-0.3, -0.25) is 4.79 Å². The van der Waals surface area contributed by atoms with Crippen LogP contribution in [0.25, 0.3) is 0 Å². The van der Waals surface area contributed by atoms with Crippen LogP contribution in [0.15, 0.2) is 18.2 Å². The van der Waals surface area contributed by atoms with Crippen LogP contribution in [0.4, 0.5) is 5.69 Å². The van der Waals surface area contributed by atoms with Gasteiger partial charge in [0, 0.05) is 16.8 Å². The number of rotatable bonds is 4. The van der Waals surface area contributed by atoms with E-state index in [1.54, 1.807) is 0 Å². The third-order valence-electron chi connectivity index (χ3n) is 2.65. The van der Waals surface area contributed by atoms with Gasteiger partial charge in [0.05, 0.1) is 6.54 Å². The summed E-state index contributed by atoms with van der Waals surface area (Å²) < 4.78 is 0. The molecule has 1 aromatic rings. The highest BCUT2D eigenvalue weighted by Crippen LogP contribution is 2.22. The summed E-state index contributed by atoms with van der Waals surface area (Å²) in [5.74, 6) is 0.0434. The van der Waals surface area contributed by atoms with Gasteiger partial charge in [-0.15, -0.1) is 0 Å². The molecule has 1 aliphatic rings. The molecule has 86 valence electrons. The van der Waals surface area contributed by atoms with Crippen LogP contribution in [0.1, 0.15) is 18.4 Å². The zero-order valence-corrected chi connectivity index (χ0v) is 9.97. The molecule has 0 spiro atoms. The second-order valence-electron chi connectivity index (χ2n) is 4.11. The molecular weight excluding hydrogens is 224 g/mol. The van der Waals surface area contributed by atoms with Crippen LogP contribution < -0.4 is 10.6 Å². The van der Waals surface area contributed by atoms with Crippen molar-refractivity contribution in [3.05, 3.63) is 28.8 Å². The Morgan fingerprint density at radius 3 is 2.94 bits per heavy atom. The zero-order valence-electron chi connectivity index (χ0n) is 9.22. The Morgan fingerprint density at radius 1 is 1.50 bits per heavy atom. The number of halogens is 1. The number of hydrogen-bond donors (Lipinski definition) is 2. The average Bonchev–Trinajstić information content (AvgIpc) is 3.04. The molecule has 1 saturated carbocycles. The Balaban J connectivity index is 1.88. The summed E-state index contributed by atoms with van der Waals surface area (Å²) in [4.78, 5) is 11.5. The molecule has 0 atom stereocenters. The van der Waals surface area contributed by atoms with E-state index in [1.807, 2.05) is 25.1 Å². The van der Waals surface area contributed by atoms with Gasteiger partial charge in [0.15, 0.2) is 0 Å². The number of carbonyl (C=O) groups is 1. The predicted molar refractivity (Wildman–Crippen MR) is 65.8 cm³/mol. The predicted octanol–water partition coefficient (Wildman–Crippen LogP) is 2.34. The standard InChI is InChI=1S/C12H15ClN2O/c1-8-10(13)3-2-4-11(8)14-7-12(16)15-9-5-6-9/h2-4,9,14H,5-7H2,1H3,(H,15,16). The van der Waals surface area contributed by atoms with Crippen LogP contribution in [0.3, 0.4) is 0 Å². The molecule has 16 heavy (non-hydrogen) atoms. The van der Waals surface area contributed by atoms with E-state index in [1.165, 1.54) is 0 Å². The number of amides is 1. The van der Waals surface area contributed by atoms with Gasteiger partial charge in [-0.25, -0.2) is 0 Å². The lowest BCUT2D eigenvalue weighted by Gasteiger charge is -2.10. The number of carbonyl (C=O) groups excluding carboxylic acids is 1. The Labute approximate surface area is 100 Å². The minimum Gasteiger partial charge on any atom is -0.376 e. The molecule has 4 heteroatoms. The van der Waals surface area contributed by atoms with Gasteiger partial charge in [0.2, 0.25) is 5.91 Å². The molecule has 0 radical (unpaired) electrons. The molecule has 1 amide bonds. The van der Waals surface area contributed by atoms with Crippen molar-refractivity contribution in [1.29, 1.82) is 0 Å². The van der Waals surface area contributed by atoms with Gasteiger partial charge < -0.3 is 10.6 Å². The Hall–Kier alpha value is -1.22. The first-order chi connectivity index (χ1) is 7.66. The molecule has 0 aliphatic heterocycles. The van der Waals surface area contributed by atoms with E-state index in [4.69, 9.17) is 11.6 Å². The molecule has 0 unspecified atom stereocenters. The van der Waals surface area contributed by atoms with E-state index < -0.39 is 0 Å². The minimum atomic E-state index is 0.0434. The number of anilines is 1. The van der Waals surface area contributed by atoms with Crippen molar-refractivity contribution in [2.45, 2.75) is 25.8 Å². The first-order valence-electron chi connectivity index (χ1n) is 5.45. The second-order valence-corrected chi connectivity index (χ2v) is 4.51. The fraction of sp³-hybridized carbons (Fsp3) is 0.417. The SMILES string of the molecule is Cc1c(Cl)cccc1NCC(=O)NC1CC1. The van der Waals surface area contributed by atoms with Gasteiger partial charge in [0.1, 0.15) is 0 Å². The fourth-order valence-electron chi connectivity index (χ4n) is 1.48. The maximum absolute atomic E-state index is 11.5. The maximum Gasteiger partial charge on any atom is 0.239 e. The van der Waals surface area contributed by atoms with Gasteiger partial charge in [0.25, 0.3) is 0 Å². The summed E-state index contributed by atoms with van der Waals surface area (Å²) >= 11 is 5.98. The molecule has 2 rings (SSSR count). The van der Waals surface area contributed by atoms with Crippen molar-refractivity contribution in [3.63, 3.8) is 0 Å². The van der Waals surface area contributed by atoms with Gasteiger partial charge >= 0.3 is 0 Å². The van der Waals surface area contributed by atoms with E-state index in [0.717, 1.165) is 24.1 Å². The summed E-state index contributed by atoms with van der Waals surface area (Å²) in [7, 11) is 0. The zero-order chi connectivity index (χ0) is 11.5. The van der Waals surface area contributed by atoms with Crippen LogP contribution in [0.2, 0.25) is 5.02 Å². The van der Waals surface area contributed by atoms with Crippen molar-refractivity contribution < 1.29 is 4.79 Å². The van der Waals surface area contributed by atoms with Crippen LogP contribution in [-0.2, 0) is 4.79 Å². The first-order valence-corrected chi connectivity index (χ1v) is 5.83. The van der Waals surface area contributed by atoms with E-state index in [9.17, 15) is 4.79 Å². The number of nitrogens with one attached hydrogen (secondary N) is 2. The molecule has 0 heterocycles. The molecule has 1 aliphatic carbocycles. The fourth-order valence-corrected chi connectivity index (χ4v) is 1.66. The van der Waals surface area contributed by atoms with Crippen molar-refractivity contribution in [2.24, 2.45) is 0 Å². The Bertz CT molecular complexity index is 402. The average molecular weight is 239 g/mol. The molecule has 0 aromatic heterocycles. The molecule has 2 N–H and O–H groups in total. The normalized spacial score (nSPS) is 14.6. The second kappa shape index (κ2) is 4.74. The molecule has 3 nitrogen and oxygen atoms in total. The third kappa shape index (κ3) is 2.89. The van der Waals surface area contributed by atoms with E-state index in [2.05, 4.69) is 10.6 Å². The summed E-state index contributed by atoms with van der Waals surface area (Å²) in [6, 6.07) is 6.05. The number of benzene rings is 1. The van der Waals surface area contributed by atoms with Gasteiger partial charge in [-0.05, 0) is 37.5 Å². The Kier molecular flexibility index (Phi) is 3.34. The summed E-state index contributed by atoms with van der Waals surface area (Å²) in [5, 5.41) is 6.73. The summed E-state index contributed by atoms with van der Waals surface area (Å²) in [6.45, 7) is 2.24. The molecule has 0 saturated heterocycles. The number of hydrogen-bond acceptors (Lipinski definition) is 2. The van der Waals surface area contributed by atoms with Crippen molar-refractivity contribution >= 4 is 23.2 Å².